The summed E-state index contributed by atoms with van der Waals surface area (Å²) >= 11 is 0. The fourth-order valence-corrected chi connectivity index (χ4v) is 0.877. The van der Waals surface area contributed by atoms with E-state index in [0.717, 1.165) is 7.11 Å². The standard InChI is InChI=1S/C9H10N2O3/c1-14-9(13)8(12)11-7-5-3-2-4-6(7)10/h2-5H,10H2,1H3,(H,11,12). The van der Waals surface area contributed by atoms with Crippen molar-refractivity contribution in [2.75, 3.05) is 18.2 Å². The highest BCUT2D eigenvalue weighted by atomic mass is 16.5. The molecule has 0 aliphatic carbocycles. The normalized spacial score (nSPS) is 9.21. The zero-order chi connectivity index (χ0) is 10.6. The van der Waals surface area contributed by atoms with Crippen LogP contribution in [-0.2, 0) is 14.3 Å². The van der Waals surface area contributed by atoms with Gasteiger partial charge in [0, 0.05) is 0 Å². The van der Waals surface area contributed by atoms with Gasteiger partial charge in [-0.1, -0.05) is 12.1 Å². The Morgan fingerprint density at radius 1 is 1.36 bits per heavy atom. The fourth-order valence-electron chi connectivity index (χ4n) is 0.877. The first-order chi connectivity index (χ1) is 6.65. The molecule has 0 aliphatic heterocycles. The van der Waals surface area contributed by atoms with Gasteiger partial charge in [-0.05, 0) is 12.1 Å². The van der Waals surface area contributed by atoms with Crippen molar-refractivity contribution in [1.29, 1.82) is 0 Å². The van der Waals surface area contributed by atoms with Crippen LogP contribution in [0.25, 0.3) is 0 Å². The van der Waals surface area contributed by atoms with Crippen molar-refractivity contribution in [2.45, 2.75) is 0 Å². The molecule has 3 N–H and O–H groups in total. The van der Waals surface area contributed by atoms with Gasteiger partial charge in [0.1, 0.15) is 0 Å². The molecule has 1 aromatic rings. The molecule has 0 bridgehead atoms. The highest BCUT2D eigenvalue weighted by molar-refractivity contribution is 6.37. The van der Waals surface area contributed by atoms with Crippen LogP contribution in [0.15, 0.2) is 24.3 Å². The van der Waals surface area contributed by atoms with Crippen LogP contribution in [0.4, 0.5) is 11.4 Å². The lowest BCUT2D eigenvalue weighted by Gasteiger charge is -2.05. The number of methoxy groups -OCH3 is 1. The van der Waals surface area contributed by atoms with Gasteiger partial charge in [-0.3, -0.25) is 4.79 Å². The predicted octanol–water partition coefficient (Wildman–Crippen LogP) is 0.380. The van der Waals surface area contributed by atoms with E-state index in [2.05, 4.69) is 10.1 Å². The van der Waals surface area contributed by atoms with Gasteiger partial charge in [-0.25, -0.2) is 4.79 Å². The molecule has 0 radical (unpaired) electrons. The Morgan fingerprint density at radius 3 is 2.57 bits per heavy atom. The van der Waals surface area contributed by atoms with E-state index >= 15 is 0 Å². The third-order valence-corrected chi connectivity index (χ3v) is 1.58. The Morgan fingerprint density at radius 2 is 2.00 bits per heavy atom. The fraction of sp³-hybridized carbons (Fsp3) is 0.111. The Balaban J connectivity index is 2.75. The number of hydrogen-bond donors (Lipinski definition) is 2. The van der Waals surface area contributed by atoms with Gasteiger partial charge in [-0.15, -0.1) is 0 Å². The summed E-state index contributed by atoms with van der Waals surface area (Å²) < 4.78 is 4.23. The van der Waals surface area contributed by atoms with E-state index in [1.54, 1.807) is 24.3 Å². The van der Waals surface area contributed by atoms with E-state index in [1.807, 2.05) is 0 Å². The zero-order valence-electron chi connectivity index (χ0n) is 7.61. The molecule has 0 atom stereocenters. The predicted molar refractivity (Wildman–Crippen MR) is 51.5 cm³/mol. The van der Waals surface area contributed by atoms with Crippen LogP contribution in [0.3, 0.4) is 0 Å². The number of esters is 1. The summed E-state index contributed by atoms with van der Waals surface area (Å²) in [6, 6.07) is 6.63. The van der Waals surface area contributed by atoms with Crippen molar-refractivity contribution in [2.24, 2.45) is 0 Å². The average Bonchev–Trinajstić information content (AvgIpc) is 2.20. The monoisotopic (exact) mass is 194 g/mol. The lowest BCUT2D eigenvalue weighted by Crippen LogP contribution is -2.24. The maximum atomic E-state index is 11.1. The van der Waals surface area contributed by atoms with Crippen LogP contribution in [0, 0.1) is 0 Å². The molecule has 5 heteroatoms. The highest BCUT2D eigenvalue weighted by Gasteiger charge is 2.14. The lowest BCUT2D eigenvalue weighted by atomic mass is 10.2. The van der Waals surface area contributed by atoms with E-state index in [1.165, 1.54) is 0 Å². The van der Waals surface area contributed by atoms with E-state index < -0.39 is 11.9 Å². The number of ether oxygens (including phenoxy) is 1. The number of carbonyl (C=O) groups is 2. The Labute approximate surface area is 80.9 Å². The van der Waals surface area contributed by atoms with E-state index in [4.69, 9.17) is 5.73 Å². The third-order valence-electron chi connectivity index (χ3n) is 1.58. The molecular weight excluding hydrogens is 184 g/mol. The SMILES string of the molecule is COC(=O)C(=O)Nc1ccccc1N. The summed E-state index contributed by atoms with van der Waals surface area (Å²) in [4.78, 5) is 21.8. The summed E-state index contributed by atoms with van der Waals surface area (Å²) in [7, 11) is 1.14. The molecule has 0 aliphatic rings. The molecule has 0 saturated heterocycles. The van der Waals surface area contributed by atoms with Crippen LogP contribution in [0.2, 0.25) is 0 Å². The number of rotatable bonds is 1. The molecule has 0 heterocycles. The number of nitrogens with one attached hydrogen (secondary N) is 1. The second-order valence-electron chi connectivity index (χ2n) is 2.53. The van der Waals surface area contributed by atoms with Crippen molar-refractivity contribution >= 4 is 23.3 Å². The largest absolute Gasteiger partial charge is 0.462 e. The summed E-state index contributed by atoms with van der Waals surface area (Å²) in [6.07, 6.45) is 0. The minimum Gasteiger partial charge on any atom is -0.462 e. The van der Waals surface area contributed by atoms with Crippen molar-refractivity contribution in [3.63, 3.8) is 0 Å². The summed E-state index contributed by atoms with van der Waals surface area (Å²) in [5, 5.41) is 2.32. The minimum absolute atomic E-state index is 0.392. The maximum absolute atomic E-state index is 11.1. The molecule has 1 amide bonds. The summed E-state index contributed by atoms with van der Waals surface area (Å²) in [5.74, 6) is -1.79. The molecule has 0 fully saturated rings. The molecule has 1 aromatic carbocycles. The van der Waals surface area contributed by atoms with Crippen LogP contribution >= 0.6 is 0 Å². The van der Waals surface area contributed by atoms with Gasteiger partial charge in [0.25, 0.3) is 0 Å². The Bertz CT molecular complexity index is 363. The van der Waals surface area contributed by atoms with Crippen LogP contribution < -0.4 is 11.1 Å². The van der Waals surface area contributed by atoms with Crippen LogP contribution in [0.1, 0.15) is 0 Å². The number of para-hydroxylation sites is 2. The van der Waals surface area contributed by atoms with Crippen molar-refractivity contribution < 1.29 is 14.3 Å². The lowest BCUT2D eigenvalue weighted by molar-refractivity contribution is -0.150. The topological polar surface area (TPSA) is 81.4 Å². The summed E-state index contributed by atoms with van der Waals surface area (Å²) in [6.45, 7) is 0. The number of amides is 1. The first-order valence-corrected chi connectivity index (χ1v) is 3.89. The molecule has 0 aromatic heterocycles. The smallest absolute Gasteiger partial charge is 0.396 e. The van der Waals surface area contributed by atoms with Gasteiger partial charge in [0.2, 0.25) is 0 Å². The van der Waals surface area contributed by atoms with Crippen molar-refractivity contribution in [3.05, 3.63) is 24.3 Å². The molecule has 0 saturated carbocycles. The molecule has 1 rings (SSSR count). The number of benzene rings is 1. The first-order valence-electron chi connectivity index (χ1n) is 3.89. The van der Waals surface area contributed by atoms with E-state index in [0.29, 0.717) is 11.4 Å². The quantitative estimate of drug-likeness (QED) is 0.384. The summed E-state index contributed by atoms with van der Waals surface area (Å²) in [5.41, 5.74) is 6.33. The average molecular weight is 194 g/mol. The molecule has 0 spiro atoms. The Hall–Kier alpha value is -2.04. The molecule has 5 nitrogen and oxygen atoms in total. The number of carbonyl (C=O) groups excluding carboxylic acids is 2. The third kappa shape index (κ3) is 2.22. The minimum atomic E-state index is -0.951. The first kappa shape index (κ1) is 10.0. The van der Waals surface area contributed by atoms with Gasteiger partial charge >= 0.3 is 11.9 Å². The Kier molecular flexibility index (Phi) is 3.06. The number of hydrogen-bond acceptors (Lipinski definition) is 4. The van der Waals surface area contributed by atoms with Gasteiger partial charge < -0.3 is 15.8 Å². The van der Waals surface area contributed by atoms with Crippen molar-refractivity contribution in [3.8, 4) is 0 Å². The van der Waals surface area contributed by atoms with E-state index in [-0.39, 0.29) is 0 Å². The number of nitrogen functional groups attached to an aromatic ring is 1. The number of nitrogens with two attached hydrogens (primary N) is 1. The second-order valence-corrected chi connectivity index (χ2v) is 2.53. The van der Waals surface area contributed by atoms with Crippen molar-refractivity contribution in [1.82, 2.24) is 0 Å². The van der Waals surface area contributed by atoms with Crippen LogP contribution in [-0.4, -0.2) is 19.0 Å². The van der Waals surface area contributed by atoms with Crippen LogP contribution in [0.5, 0.6) is 0 Å². The highest BCUT2D eigenvalue weighted by Crippen LogP contribution is 2.16. The van der Waals surface area contributed by atoms with Gasteiger partial charge in [0.05, 0.1) is 18.5 Å². The van der Waals surface area contributed by atoms with Gasteiger partial charge in [0.15, 0.2) is 0 Å². The molecular formula is C9H10N2O3. The zero-order valence-corrected chi connectivity index (χ0v) is 7.61. The van der Waals surface area contributed by atoms with E-state index in [9.17, 15) is 9.59 Å². The number of anilines is 2. The molecule has 0 unspecified atom stereocenters. The maximum Gasteiger partial charge on any atom is 0.396 e. The van der Waals surface area contributed by atoms with Gasteiger partial charge in [-0.2, -0.15) is 0 Å². The molecule has 14 heavy (non-hydrogen) atoms. The second kappa shape index (κ2) is 4.27. The molecule has 74 valence electrons.